The molecule has 0 saturated carbocycles. The van der Waals surface area contributed by atoms with Gasteiger partial charge in [-0.05, 0) is 35.9 Å². The molecule has 4 nitrogen and oxygen atoms in total. The first-order chi connectivity index (χ1) is 10.1. The van der Waals surface area contributed by atoms with Crippen LogP contribution < -0.4 is 4.74 Å². The Morgan fingerprint density at radius 2 is 1.95 bits per heavy atom. The lowest BCUT2D eigenvalue weighted by Gasteiger charge is -2.15. The van der Waals surface area contributed by atoms with Crippen LogP contribution in [0.3, 0.4) is 0 Å². The smallest absolute Gasteiger partial charge is 0.333 e. The van der Waals surface area contributed by atoms with Gasteiger partial charge in [0.2, 0.25) is 0 Å². The van der Waals surface area contributed by atoms with E-state index in [9.17, 15) is 4.79 Å². The highest BCUT2D eigenvalue weighted by atomic mass is 35.5. The third kappa shape index (κ3) is 4.21. The third-order valence-electron chi connectivity index (χ3n) is 2.96. The van der Waals surface area contributed by atoms with Gasteiger partial charge < -0.3 is 14.6 Å². The second-order valence-electron chi connectivity index (χ2n) is 4.43. The third-order valence-corrected chi connectivity index (χ3v) is 3.19. The summed E-state index contributed by atoms with van der Waals surface area (Å²) < 4.78 is 10.7. The van der Waals surface area contributed by atoms with Crippen LogP contribution in [0, 0.1) is 0 Å². The minimum Gasteiger partial charge on any atom is -0.479 e. The van der Waals surface area contributed by atoms with Gasteiger partial charge in [-0.1, -0.05) is 29.8 Å². The van der Waals surface area contributed by atoms with Crippen molar-refractivity contribution in [2.75, 3.05) is 7.11 Å². The molecule has 5 heteroatoms. The van der Waals surface area contributed by atoms with E-state index in [2.05, 4.69) is 0 Å². The van der Waals surface area contributed by atoms with E-state index >= 15 is 0 Å². The fraction of sp³-hybridized carbons (Fsp3) is 0.188. The van der Waals surface area contributed by atoms with Crippen molar-refractivity contribution in [3.63, 3.8) is 0 Å². The SMILES string of the molecule is CO[C@@H](Cc1cc(Cl)ccc1Oc1ccccc1)C(=O)O. The van der Waals surface area contributed by atoms with Gasteiger partial charge in [0.15, 0.2) is 6.10 Å². The van der Waals surface area contributed by atoms with Gasteiger partial charge in [-0.2, -0.15) is 0 Å². The quantitative estimate of drug-likeness (QED) is 0.882. The fourth-order valence-electron chi connectivity index (χ4n) is 1.89. The van der Waals surface area contributed by atoms with Crippen molar-refractivity contribution in [2.24, 2.45) is 0 Å². The Morgan fingerprint density at radius 3 is 2.57 bits per heavy atom. The molecule has 21 heavy (non-hydrogen) atoms. The monoisotopic (exact) mass is 306 g/mol. The van der Waals surface area contributed by atoms with Crippen LogP contribution >= 0.6 is 11.6 Å². The van der Waals surface area contributed by atoms with Crippen LogP contribution in [0.25, 0.3) is 0 Å². The molecular formula is C16H15ClO4. The molecule has 0 bridgehead atoms. The predicted molar refractivity (Wildman–Crippen MR) is 80.1 cm³/mol. The topological polar surface area (TPSA) is 55.8 Å². The summed E-state index contributed by atoms with van der Waals surface area (Å²) in [6.07, 6.45) is -0.768. The highest BCUT2D eigenvalue weighted by molar-refractivity contribution is 6.30. The fourth-order valence-corrected chi connectivity index (χ4v) is 2.09. The van der Waals surface area contributed by atoms with Gasteiger partial charge in [0.25, 0.3) is 0 Å². The molecule has 0 aliphatic carbocycles. The molecule has 0 heterocycles. The number of halogens is 1. The number of carboxylic acids is 1. The standard InChI is InChI=1S/C16H15ClO4/c1-20-15(16(18)19)10-11-9-12(17)7-8-14(11)21-13-5-3-2-4-6-13/h2-9,15H,10H2,1H3,(H,18,19)/t15-/m0/s1. The molecular weight excluding hydrogens is 292 g/mol. The molecule has 2 aromatic rings. The van der Waals surface area contributed by atoms with E-state index in [1.807, 2.05) is 30.3 Å². The lowest BCUT2D eigenvalue weighted by molar-refractivity contribution is -0.148. The van der Waals surface area contributed by atoms with E-state index in [1.165, 1.54) is 7.11 Å². The zero-order chi connectivity index (χ0) is 15.2. The number of benzene rings is 2. The zero-order valence-corrected chi connectivity index (χ0v) is 12.2. The summed E-state index contributed by atoms with van der Waals surface area (Å²) in [6, 6.07) is 14.4. The minimum atomic E-state index is -1.02. The van der Waals surface area contributed by atoms with Gasteiger partial charge in [0.1, 0.15) is 11.5 Å². The predicted octanol–water partition coefficient (Wildman–Crippen LogP) is 3.77. The average molecular weight is 307 g/mol. The molecule has 110 valence electrons. The highest BCUT2D eigenvalue weighted by Gasteiger charge is 2.19. The Hall–Kier alpha value is -2.04. The molecule has 2 aromatic carbocycles. The van der Waals surface area contributed by atoms with E-state index in [1.54, 1.807) is 18.2 Å². The van der Waals surface area contributed by atoms with E-state index in [4.69, 9.17) is 26.2 Å². The van der Waals surface area contributed by atoms with Crippen LogP contribution in [-0.2, 0) is 16.0 Å². The van der Waals surface area contributed by atoms with E-state index in [-0.39, 0.29) is 6.42 Å². The van der Waals surface area contributed by atoms with Crippen LogP contribution in [0.1, 0.15) is 5.56 Å². The molecule has 0 radical (unpaired) electrons. The van der Waals surface area contributed by atoms with Gasteiger partial charge in [0, 0.05) is 18.6 Å². The van der Waals surface area contributed by atoms with Crippen LogP contribution in [0.4, 0.5) is 0 Å². The van der Waals surface area contributed by atoms with Gasteiger partial charge in [0.05, 0.1) is 0 Å². The van der Waals surface area contributed by atoms with Crippen LogP contribution in [-0.4, -0.2) is 24.3 Å². The van der Waals surface area contributed by atoms with Crippen LogP contribution in [0.5, 0.6) is 11.5 Å². The molecule has 0 unspecified atom stereocenters. The molecule has 1 N–H and O–H groups in total. The summed E-state index contributed by atoms with van der Waals surface area (Å²) >= 11 is 5.98. The Morgan fingerprint density at radius 1 is 1.24 bits per heavy atom. The second-order valence-corrected chi connectivity index (χ2v) is 4.87. The molecule has 0 spiro atoms. The van der Waals surface area contributed by atoms with Crippen molar-refractivity contribution in [2.45, 2.75) is 12.5 Å². The van der Waals surface area contributed by atoms with Crippen molar-refractivity contribution in [1.82, 2.24) is 0 Å². The van der Waals surface area contributed by atoms with Crippen molar-refractivity contribution >= 4 is 17.6 Å². The summed E-state index contributed by atoms with van der Waals surface area (Å²) in [6.45, 7) is 0. The maximum atomic E-state index is 11.1. The maximum absolute atomic E-state index is 11.1. The number of para-hydroxylation sites is 1. The van der Waals surface area contributed by atoms with E-state index in [0.717, 1.165) is 0 Å². The number of rotatable bonds is 6. The molecule has 2 rings (SSSR count). The largest absolute Gasteiger partial charge is 0.479 e. The average Bonchev–Trinajstić information content (AvgIpc) is 2.48. The van der Waals surface area contributed by atoms with Crippen molar-refractivity contribution in [3.8, 4) is 11.5 Å². The second kappa shape index (κ2) is 7.11. The minimum absolute atomic E-state index is 0.175. The summed E-state index contributed by atoms with van der Waals surface area (Å²) in [5, 5.41) is 9.60. The van der Waals surface area contributed by atoms with Gasteiger partial charge in [-0.15, -0.1) is 0 Å². The zero-order valence-electron chi connectivity index (χ0n) is 11.5. The first kappa shape index (κ1) is 15.4. The summed E-state index contributed by atoms with van der Waals surface area (Å²) in [5.74, 6) is 0.211. The van der Waals surface area contributed by atoms with Gasteiger partial charge in [-0.25, -0.2) is 4.79 Å². The lowest BCUT2D eigenvalue weighted by Crippen LogP contribution is -2.25. The van der Waals surface area contributed by atoms with E-state index < -0.39 is 12.1 Å². The Balaban J connectivity index is 2.27. The number of carboxylic acid groups (broad SMARTS) is 1. The Kier molecular flexibility index (Phi) is 5.20. The van der Waals surface area contributed by atoms with E-state index in [0.29, 0.717) is 22.1 Å². The molecule has 0 aromatic heterocycles. The first-order valence-electron chi connectivity index (χ1n) is 6.37. The highest BCUT2D eigenvalue weighted by Crippen LogP contribution is 2.29. The molecule has 0 fully saturated rings. The first-order valence-corrected chi connectivity index (χ1v) is 6.75. The van der Waals surface area contributed by atoms with Crippen molar-refractivity contribution in [3.05, 3.63) is 59.1 Å². The molecule has 0 aliphatic rings. The summed E-state index contributed by atoms with van der Waals surface area (Å²) in [5.41, 5.74) is 0.681. The summed E-state index contributed by atoms with van der Waals surface area (Å²) in [4.78, 5) is 11.1. The molecule has 0 amide bonds. The summed E-state index contributed by atoms with van der Waals surface area (Å²) in [7, 11) is 1.36. The number of hydrogen-bond acceptors (Lipinski definition) is 3. The van der Waals surface area contributed by atoms with Crippen LogP contribution in [0.2, 0.25) is 5.02 Å². The number of methoxy groups -OCH3 is 1. The number of hydrogen-bond donors (Lipinski definition) is 1. The van der Waals surface area contributed by atoms with Crippen LogP contribution in [0.15, 0.2) is 48.5 Å². The molecule has 1 atom stereocenters. The van der Waals surface area contributed by atoms with Gasteiger partial charge in [-0.3, -0.25) is 0 Å². The Bertz CT molecular complexity index is 613. The number of carbonyl (C=O) groups is 1. The maximum Gasteiger partial charge on any atom is 0.333 e. The molecule has 0 aliphatic heterocycles. The van der Waals surface area contributed by atoms with Crippen molar-refractivity contribution < 1.29 is 19.4 Å². The number of aliphatic carboxylic acids is 1. The molecule has 0 saturated heterocycles. The number of ether oxygens (including phenoxy) is 2. The van der Waals surface area contributed by atoms with Crippen molar-refractivity contribution in [1.29, 1.82) is 0 Å². The lowest BCUT2D eigenvalue weighted by atomic mass is 10.1. The normalized spacial score (nSPS) is 11.9. The Labute approximate surface area is 127 Å². The van der Waals surface area contributed by atoms with Gasteiger partial charge >= 0.3 is 5.97 Å².